The number of aromatic amines is 1. The first-order chi connectivity index (χ1) is 12.2. The van der Waals surface area contributed by atoms with E-state index in [4.69, 9.17) is 0 Å². The largest absolute Gasteiger partial charge is 0.351 e. The molecule has 2 heterocycles. The molecule has 2 aromatic carbocycles. The van der Waals surface area contributed by atoms with E-state index in [-0.39, 0.29) is 5.56 Å². The standard InChI is InChI=1S/C19H17N5O/c1-13-7-9-14(10-8-13)12-20-18-22-19-21-16(11-17(25)24(19)23-18)15-5-3-2-4-6-15/h2-11H,12H2,1H3,(H2,20,21,22,23). The van der Waals surface area contributed by atoms with Crippen LogP contribution in [0.5, 0.6) is 0 Å². The van der Waals surface area contributed by atoms with Crippen LogP contribution in [0.3, 0.4) is 0 Å². The number of anilines is 1. The first-order valence-electron chi connectivity index (χ1n) is 8.04. The second-order valence-corrected chi connectivity index (χ2v) is 5.89. The van der Waals surface area contributed by atoms with Crippen molar-refractivity contribution in [1.82, 2.24) is 19.6 Å². The molecule has 0 fully saturated rings. The number of nitrogens with zero attached hydrogens (tertiary/aromatic N) is 3. The molecule has 0 radical (unpaired) electrons. The Kier molecular flexibility index (Phi) is 3.78. The number of nitrogens with one attached hydrogen (secondary N) is 2. The molecule has 25 heavy (non-hydrogen) atoms. The predicted octanol–water partition coefficient (Wildman–Crippen LogP) is 3.01. The van der Waals surface area contributed by atoms with Crippen LogP contribution in [0.25, 0.3) is 17.0 Å². The van der Waals surface area contributed by atoms with E-state index in [1.165, 1.54) is 16.1 Å². The highest BCUT2D eigenvalue weighted by atomic mass is 16.1. The Morgan fingerprint density at radius 1 is 1.04 bits per heavy atom. The molecule has 4 aromatic rings. The summed E-state index contributed by atoms with van der Waals surface area (Å²) in [6, 6.07) is 19.3. The van der Waals surface area contributed by atoms with Crippen molar-refractivity contribution >= 4 is 11.7 Å². The molecule has 2 aromatic heterocycles. The van der Waals surface area contributed by atoms with Crippen LogP contribution in [0.4, 0.5) is 5.95 Å². The average molecular weight is 331 g/mol. The van der Waals surface area contributed by atoms with Crippen molar-refractivity contribution in [2.24, 2.45) is 0 Å². The smallest absolute Gasteiger partial charge is 0.274 e. The van der Waals surface area contributed by atoms with Gasteiger partial charge >= 0.3 is 0 Å². The fraction of sp³-hybridized carbons (Fsp3) is 0.105. The van der Waals surface area contributed by atoms with Crippen molar-refractivity contribution in [2.75, 3.05) is 5.32 Å². The summed E-state index contributed by atoms with van der Waals surface area (Å²) >= 11 is 0. The zero-order valence-electron chi connectivity index (χ0n) is 13.7. The van der Waals surface area contributed by atoms with E-state index in [0.29, 0.717) is 24.0 Å². The highest BCUT2D eigenvalue weighted by Gasteiger charge is 2.09. The van der Waals surface area contributed by atoms with Crippen molar-refractivity contribution in [3.63, 3.8) is 0 Å². The summed E-state index contributed by atoms with van der Waals surface area (Å²) in [5.74, 6) is 0.855. The predicted molar refractivity (Wildman–Crippen MR) is 97.5 cm³/mol. The van der Waals surface area contributed by atoms with Gasteiger partial charge in [-0.2, -0.15) is 9.50 Å². The third-order valence-electron chi connectivity index (χ3n) is 3.98. The molecule has 6 heteroatoms. The maximum atomic E-state index is 12.3. The molecule has 0 atom stereocenters. The Morgan fingerprint density at radius 3 is 2.56 bits per heavy atom. The molecular weight excluding hydrogens is 314 g/mol. The van der Waals surface area contributed by atoms with Crippen LogP contribution in [0.1, 0.15) is 11.1 Å². The summed E-state index contributed by atoms with van der Waals surface area (Å²) in [5.41, 5.74) is 3.66. The first-order valence-corrected chi connectivity index (χ1v) is 8.04. The fourth-order valence-electron chi connectivity index (χ4n) is 2.61. The lowest BCUT2D eigenvalue weighted by molar-refractivity contribution is 0.897. The van der Waals surface area contributed by atoms with E-state index < -0.39 is 0 Å². The minimum Gasteiger partial charge on any atom is -0.351 e. The molecule has 2 N–H and O–H groups in total. The summed E-state index contributed by atoms with van der Waals surface area (Å²) in [6.07, 6.45) is 0. The Hall–Kier alpha value is -3.41. The molecule has 0 aliphatic carbocycles. The van der Waals surface area contributed by atoms with Crippen molar-refractivity contribution in [3.05, 3.63) is 82.1 Å². The number of aryl methyl sites for hydroxylation is 1. The Labute approximate surface area is 144 Å². The van der Waals surface area contributed by atoms with Crippen molar-refractivity contribution in [2.45, 2.75) is 13.5 Å². The number of H-pyrrole nitrogens is 1. The molecule has 0 aliphatic rings. The Bertz CT molecular complexity index is 1060. The van der Waals surface area contributed by atoms with Crippen LogP contribution in [0.15, 0.2) is 65.5 Å². The zero-order chi connectivity index (χ0) is 17.2. The number of hydrogen-bond donors (Lipinski definition) is 2. The molecular formula is C19H17N5O. The molecule has 0 spiro atoms. The minimum absolute atomic E-state index is 0.195. The van der Waals surface area contributed by atoms with Gasteiger partial charge in [-0.1, -0.05) is 60.2 Å². The summed E-state index contributed by atoms with van der Waals surface area (Å²) in [6.45, 7) is 2.67. The quantitative estimate of drug-likeness (QED) is 0.603. The summed E-state index contributed by atoms with van der Waals surface area (Å²) in [7, 11) is 0. The number of fused-ring (bicyclic) bond motifs is 1. The molecule has 0 saturated heterocycles. The molecule has 124 valence electrons. The van der Waals surface area contributed by atoms with E-state index in [2.05, 4.69) is 51.6 Å². The Balaban J connectivity index is 1.62. The zero-order valence-corrected chi connectivity index (χ0v) is 13.7. The summed E-state index contributed by atoms with van der Waals surface area (Å²) in [4.78, 5) is 21.2. The second-order valence-electron chi connectivity index (χ2n) is 5.89. The van der Waals surface area contributed by atoms with Crippen molar-refractivity contribution < 1.29 is 0 Å². The molecule has 0 aliphatic heterocycles. The number of hydrogen-bond acceptors (Lipinski definition) is 4. The molecule has 0 saturated carbocycles. The lowest BCUT2D eigenvalue weighted by atomic mass is 10.1. The van der Waals surface area contributed by atoms with Crippen LogP contribution < -0.4 is 10.9 Å². The normalized spacial score (nSPS) is 10.9. The fourth-order valence-corrected chi connectivity index (χ4v) is 2.61. The van der Waals surface area contributed by atoms with Gasteiger partial charge in [-0.25, -0.2) is 4.98 Å². The van der Waals surface area contributed by atoms with Gasteiger partial charge in [-0.05, 0) is 12.5 Å². The van der Waals surface area contributed by atoms with E-state index in [1.54, 1.807) is 0 Å². The van der Waals surface area contributed by atoms with Crippen molar-refractivity contribution in [3.8, 4) is 11.3 Å². The topological polar surface area (TPSA) is 75.1 Å². The molecule has 0 unspecified atom stereocenters. The van der Waals surface area contributed by atoms with E-state index in [9.17, 15) is 4.79 Å². The Morgan fingerprint density at radius 2 is 1.80 bits per heavy atom. The molecule has 0 bridgehead atoms. The van der Waals surface area contributed by atoms with Gasteiger partial charge in [0.1, 0.15) is 0 Å². The van der Waals surface area contributed by atoms with Crippen LogP contribution in [-0.2, 0) is 6.54 Å². The lowest BCUT2D eigenvalue weighted by Crippen LogP contribution is -2.14. The van der Waals surface area contributed by atoms with Gasteiger partial charge in [-0.3, -0.25) is 9.89 Å². The van der Waals surface area contributed by atoms with Crippen LogP contribution in [-0.4, -0.2) is 19.6 Å². The van der Waals surface area contributed by atoms with Gasteiger partial charge in [0.15, 0.2) is 0 Å². The maximum absolute atomic E-state index is 12.3. The highest BCUT2D eigenvalue weighted by Crippen LogP contribution is 2.15. The maximum Gasteiger partial charge on any atom is 0.274 e. The first kappa shape index (κ1) is 15.1. The summed E-state index contributed by atoms with van der Waals surface area (Å²) in [5, 5.41) is 6.13. The summed E-state index contributed by atoms with van der Waals surface area (Å²) < 4.78 is 1.34. The van der Waals surface area contributed by atoms with Gasteiger partial charge in [-0.15, -0.1) is 0 Å². The van der Waals surface area contributed by atoms with Crippen LogP contribution >= 0.6 is 0 Å². The van der Waals surface area contributed by atoms with Gasteiger partial charge in [0.25, 0.3) is 11.3 Å². The van der Waals surface area contributed by atoms with Gasteiger partial charge < -0.3 is 5.32 Å². The second kappa shape index (κ2) is 6.24. The van der Waals surface area contributed by atoms with Gasteiger partial charge in [0, 0.05) is 18.2 Å². The van der Waals surface area contributed by atoms with Gasteiger partial charge in [0.2, 0.25) is 5.95 Å². The van der Waals surface area contributed by atoms with E-state index in [0.717, 1.165) is 11.1 Å². The van der Waals surface area contributed by atoms with Crippen molar-refractivity contribution in [1.29, 1.82) is 0 Å². The number of benzene rings is 2. The van der Waals surface area contributed by atoms with E-state index in [1.807, 2.05) is 30.3 Å². The number of aromatic nitrogens is 4. The lowest BCUT2D eigenvalue weighted by Gasteiger charge is -2.02. The highest BCUT2D eigenvalue weighted by molar-refractivity contribution is 5.60. The average Bonchev–Trinajstić information content (AvgIpc) is 3.06. The van der Waals surface area contributed by atoms with E-state index >= 15 is 0 Å². The molecule has 0 amide bonds. The SMILES string of the molecule is Cc1ccc(CNc2nc3nc(-c4ccccc4)cc(=O)n3[nH]2)cc1. The minimum atomic E-state index is -0.195. The molecule has 4 rings (SSSR count). The number of rotatable bonds is 4. The monoisotopic (exact) mass is 331 g/mol. The van der Waals surface area contributed by atoms with Crippen LogP contribution in [0.2, 0.25) is 0 Å². The van der Waals surface area contributed by atoms with Crippen LogP contribution in [0, 0.1) is 6.92 Å². The third kappa shape index (κ3) is 3.14. The third-order valence-corrected chi connectivity index (χ3v) is 3.98. The van der Waals surface area contributed by atoms with Gasteiger partial charge in [0.05, 0.1) is 5.69 Å². The molecule has 6 nitrogen and oxygen atoms in total.